The van der Waals surface area contributed by atoms with Crippen LogP contribution < -0.4 is 14.9 Å². The number of hydrogen-bond donors (Lipinski definition) is 2. The molecule has 2 aromatic carbocycles. The van der Waals surface area contributed by atoms with E-state index in [0.29, 0.717) is 27.5 Å². The molecule has 0 spiro atoms. The summed E-state index contributed by atoms with van der Waals surface area (Å²) in [4.78, 5) is 0. The third-order valence-electron chi connectivity index (χ3n) is 3.10. The van der Waals surface area contributed by atoms with Gasteiger partial charge in [-0.25, -0.2) is 0 Å². The first kappa shape index (κ1) is 15.7. The lowest BCUT2D eigenvalue weighted by atomic mass is 9.77. The van der Waals surface area contributed by atoms with E-state index in [9.17, 15) is 10.0 Å². The molecular formula is C15H16BClO4. The second-order valence-corrected chi connectivity index (χ2v) is 5.07. The van der Waals surface area contributed by atoms with Crippen molar-refractivity contribution in [1.82, 2.24) is 0 Å². The minimum Gasteiger partial charge on any atom is -0.497 e. The van der Waals surface area contributed by atoms with Gasteiger partial charge in [-0.3, -0.25) is 0 Å². The molecule has 0 heterocycles. The maximum atomic E-state index is 9.40. The Morgan fingerprint density at radius 3 is 2.57 bits per heavy atom. The van der Waals surface area contributed by atoms with Crippen LogP contribution in [-0.4, -0.2) is 24.3 Å². The molecule has 6 heteroatoms. The summed E-state index contributed by atoms with van der Waals surface area (Å²) in [5.41, 5.74) is 2.03. The Morgan fingerprint density at radius 1 is 1.14 bits per heavy atom. The van der Waals surface area contributed by atoms with Crippen molar-refractivity contribution in [2.24, 2.45) is 0 Å². The van der Waals surface area contributed by atoms with E-state index in [0.717, 1.165) is 5.56 Å². The predicted molar refractivity (Wildman–Crippen MR) is 83.3 cm³/mol. The minimum atomic E-state index is -1.57. The van der Waals surface area contributed by atoms with Crippen LogP contribution >= 0.6 is 11.6 Å². The summed E-state index contributed by atoms with van der Waals surface area (Å²) in [5.74, 6) is 1.17. The molecule has 0 saturated carbocycles. The average molecular weight is 307 g/mol. The van der Waals surface area contributed by atoms with E-state index in [1.165, 1.54) is 0 Å². The van der Waals surface area contributed by atoms with E-state index in [-0.39, 0.29) is 6.61 Å². The van der Waals surface area contributed by atoms with E-state index in [2.05, 4.69) is 0 Å². The Kier molecular flexibility index (Phi) is 5.12. The SMILES string of the molecule is COc1ccc(B(O)O)c(COc2cc(C)ccc2Cl)c1. The number of rotatable bonds is 5. The molecule has 0 aliphatic heterocycles. The predicted octanol–water partition coefficient (Wildman–Crippen LogP) is 1.92. The topological polar surface area (TPSA) is 58.9 Å². The molecule has 0 radical (unpaired) electrons. The molecule has 2 aromatic rings. The normalized spacial score (nSPS) is 10.3. The largest absolute Gasteiger partial charge is 0.497 e. The van der Waals surface area contributed by atoms with Crippen LogP contribution in [0.4, 0.5) is 0 Å². The molecule has 0 amide bonds. The molecule has 0 bridgehead atoms. The fourth-order valence-corrected chi connectivity index (χ4v) is 2.13. The van der Waals surface area contributed by atoms with Crippen molar-refractivity contribution in [3.8, 4) is 11.5 Å². The van der Waals surface area contributed by atoms with Crippen LogP contribution in [0.5, 0.6) is 11.5 Å². The monoisotopic (exact) mass is 306 g/mol. The number of aryl methyl sites for hydroxylation is 1. The third kappa shape index (κ3) is 3.91. The molecule has 4 nitrogen and oxygen atoms in total. The number of halogens is 1. The van der Waals surface area contributed by atoms with Gasteiger partial charge in [-0.15, -0.1) is 0 Å². The zero-order valence-electron chi connectivity index (χ0n) is 11.8. The Balaban J connectivity index is 2.24. The Bertz CT molecular complexity index is 631. The first-order valence-electron chi connectivity index (χ1n) is 6.43. The van der Waals surface area contributed by atoms with Crippen molar-refractivity contribution in [1.29, 1.82) is 0 Å². The van der Waals surface area contributed by atoms with Gasteiger partial charge in [-0.1, -0.05) is 23.7 Å². The van der Waals surface area contributed by atoms with E-state index in [1.807, 2.05) is 19.1 Å². The summed E-state index contributed by atoms with van der Waals surface area (Å²) < 4.78 is 10.8. The highest BCUT2D eigenvalue weighted by Crippen LogP contribution is 2.26. The van der Waals surface area contributed by atoms with Crippen molar-refractivity contribution in [3.63, 3.8) is 0 Å². The van der Waals surface area contributed by atoms with Crippen LogP contribution in [0, 0.1) is 6.92 Å². The zero-order chi connectivity index (χ0) is 15.4. The minimum absolute atomic E-state index is 0.160. The maximum absolute atomic E-state index is 9.40. The van der Waals surface area contributed by atoms with E-state index >= 15 is 0 Å². The fraction of sp³-hybridized carbons (Fsp3) is 0.200. The summed E-state index contributed by atoms with van der Waals surface area (Å²) in [5, 5.41) is 19.3. The molecule has 0 aliphatic rings. The highest BCUT2D eigenvalue weighted by molar-refractivity contribution is 6.59. The van der Waals surface area contributed by atoms with Gasteiger partial charge in [0.05, 0.1) is 12.1 Å². The van der Waals surface area contributed by atoms with Gasteiger partial charge in [-0.05, 0) is 47.8 Å². The van der Waals surface area contributed by atoms with Gasteiger partial charge < -0.3 is 19.5 Å². The molecule has 0 atom stereocenters. The van der Waals surface area contributed by atoms with Gasteiger partial charge >= 0.3 is 7.12 Å². The quantitative estimate of drug-likeness (QED) is 0.829. The third-order valence-corrected chi connectivity index (χ3v) is 3.41. The van der Waals surface area contributed by atoms with E-state index in [4.69, 9.17) is 21.1 Å². The van der Waals surface area contributed by atoms with Crippen LogP contribution in [0.1, 0.15) is 11.1 Å². The molecule has 0 aliphatic carbocycles. The van der Waals surface area contributed by atoms with Crippen LogP contribution in [0.25, 0.3) is 0 Å². The summed E-state index contributed by atoms with van der Waals surface area (Å²) >= 11 is 6.07. The highest BCUT2D eigenvalue weighted by atomic mass is 35.5. The molecule has 2 rings (SSSR count). The van der Waals surface area contributed by atoms with Crippen molar-refractivity contribution in [2.45, 2.75) is 13.5 Å². The zero-order valence-corrected chi connectivity index (χ0v) is 12.6. The molecular weight excluding hydrogens is 290 g/mol. The standard InChI is InChI=1S/C15H16BClO4/c1-10-3-6-14(17)15(7-10)21-9-11-8-12(20-2)4-5-13(11)16(18)19/h3-8,18-19H,9H2,1-2H3. The van der Waals surface area contributed by atoms with Crippen LogP contribution in [0.3, 0.4) is 0 Å². The number of ether oxygens (including phenoxy) is 2. The molecule has 21 heavy (non-hydrogen) atoms. The summed E-state index contributed by atoms with van der Waals surface area (Å²) in [6.45, 7) is 2.10. The van der Waals surface area contributed by atoms with Crippen molar-refractivity contribution in [3.05, 3.63) is 52.5 Å². The molecule has 2 N–H and O–H groups in total. The van der Waals surface area contributed by atoms with Gasteiger partial charge in [-0.2, -0.15) is 0 Å². The molecule has 110 valence electrons. The first-order valence-corrected chi connectivity index (χ1v) is 6.81. The number of benzene rings is 2. The lowest BCUT2D eigenvalue weighted by Gasteiger charge is -2.13. The molecule has 0 aromatic heterocycles. The van der Waals surface area contributed by atoms with Crippen LogP contribution in [0.15, 0.2) is 36.4 Å². The Morgan fingerprint density at radius 2 is 1.90 bits per heavy atom. The molecule has 0 fully saturated rings. The summed E-state index contributed by atoms with van der Waals surface area (Å²) in [7, 11) is -0.0191. The van der Waals surface area contributed by atoms with Gasteiger partial charge in [0, 0.05) is 0 Å². The first-order chi connectivity index (χ1) is 10.0. The van der Waals surface area contributed by atoms with Crippen molar-refractivity contribution >= 4 is 24.2 Å². The maximum Gasteiger partial charge on any atom is 0.488 e. The fourth-order valence-electron chi connectivity index (χ4n) is 1.96. The van der Waals surface area contributed by atoms with Gasteiger partial charge in [0.25, 0.3) is 0 Å². The van der Waals surface area contributed by atoms with E-state index < -0.39 is 7.12 Å². The van der Waals surface area contributed by atoms with Crippen molar-refractivity contribution < 1.29 is 19.5 Å². The van der Waals surface area contributed by atoms with E-state index in [1.54, 1.807) is 31.4 Å². The summed E-state index contributed by atoms with van der Waals surface area (Å²) in [6.07, 6.45) is 0. The lowest BCUT2D eigenvalue weighted by Crippen LogP contribution is -2.33. The smallest absolute Gasteiger partial charge is 0.488 e. The van der Waals surface area contributed by atoms with Gasteiger partial charge in [0.2, 0.25) is 0 Å². The van der Waals surface area contributed by atoms with Crippen LogP contribution in [-0.2, 0) is 6.61 Å². The van der Waals surface area contributed by atoms with Gasteiger partial charge in [0.1, 0.15) is 18.1 Å². The Hall–Kier alpha value is -1.69. The lowest BCUT2D eigenvalue weighted by molar-refractivity contribution is 0.305. The van der Waals surface area contributed by atoms with Gasteiger partial charge in [0.15, 0.2) is 0 Å². The molecule has 0 unspecified atom stereocenters. The number of hydrogen-bond acceptors (Lipinski definition) is 4. The summed E-state index contributed by atoms with van der Waals surface area (Å²) in [6, 6.07) is 10.5. The Labute approximate surface area is 129 Å². The van der Waals surface area contributed by atoms with Crippen molar-refractivity contribution in [2.75, 3.05) is 7.11 Å². The highest BCUT2D eigenvalue weighted by Gasteiger charge is 2.17. The number of methoxy groups -OCH3 is 1. The second kappa shape index (κ2) is 6.85. The average Bonchev–Trinajstić information content (AvgIpc) is 2.47. The van der Waals surface area contributed by atoms with Crippen LogP contribution in [0.2, 0.25) is 5.02 Å². The molecule has 0 saturated heterocycles. The second-order valence-electron chi connectivity index (χ2n) is 4.66.